The largest absolute Gasteiger partial charge is 0.205 e. The fourth-order valence-corrected chi connectivity index (χ4v) is 3.78. The molecule has 0 aliphatic heterocycles. The van der Waals surface area contributed by atoms with Crippen molar-refractivity contribution in [2.75, 3.05) is 0 Å². The monoisotopic (exact) mass is 353 g/mol. The quantitative estimate of drug-likeness (QED) is 0.359. The van der Waals surface area contributed by atoms with Crippen LogP contribution in [0.25, 0.3) is 21.6 Å². The Kier molecular flexibility index (Phi) is 5.31. The van der Waals surface area contributed by atoms with Crippen LogP contribution in [0.1, 0.15) is 18.2 Å². The minimum absolute atomic E-state index is 0.215. The van der Waals surface area contributed by atoms with Gasteiger partial charge >= 0.3 is 0 Å². The summed E-state index contributed by atoms with van der Waals surface area (Å²) in [4.78, 5) is 6.38. The molecule has 1 aromatic heterocycles. The maximum atomic E-state index is 14.0. The van der Waals surface area contributed by atoms with Gasteiger partial charge in [0.1, 0.15) is 11.5 Å². The van der Waals surface area contributed by atoms with Gasteiger partial charge in [-0.3, -0.25) is 0 Å². The summed E-state index contributed by atoms with van der Waals surface area (Å²) in [5.74, 6) is -0.392. The summed E-state index contributed by atoms with van der Waals surface area (Å²) < 4.78 is 14.0. The highest BCUT2D eigenvalue weighted by atomic mass is 32.1. The fourth-order valence-electron chi connectivity index (χ4n) is 2.57. The summed E-state index contributed by atoms with van der Waals surface area (Å²) in [7, 11) is 0. The molecule has 0 aliphatic rings. The molecule has 3 aromatic rings. The third-order valence-electron chi connectivity index (χ3n) is 3.77. The number of isothiocyanates is 1. The molecule has 0 saturated heterocycles. The number of thiocarbonyl (C=S) groups is 1. The molecule has 0 aliphatic carbocycles. The number of nitrogens with zero attached hydrogens (tertiary/aromatic N) is 1. The van der Waals surface area contributed by atoms with Crippen LogP contribution in [0.4, 0.5) is 10.1 Å². The summed E-state index contributed by atoms with van der Waals surface area (Å²) in [6, 6.07) is 17.5. The minimum Gasteiger partial charge on any atom is -0.205 e. The minimum atomic E-state index is -0.392. The van der Waals surface area contributed by atoms with Crippen molar-refractivity contribution in [3.05, 3.63) is 65.3 Å². The van der Waals surface area contributed by atoms with Gasteiger partial charge in [0.05, 0.1) is 5.16 Å². The van der Waals surface area contributed by atoms with E-state index in [1.165, 1.54) is 21.4 Å². The molecule has 0 saturated carbocycles. The van der Waals surface area contributed by atoms with Crippen molar-refractivity contribution in [1.29, 1.82) is 0 Å². The number of halogens is 1. The lowest BCUT2D eigenvalue weighted by Gasteiger charge is -2.05. The maximum Gasteiger partial charge on any atom is 0.150 e. The zero-order chi connectivity index (χ0) is 16.9. The van der Waals surface area contributed by atoms with Crippen LogP contribution in [-0.4, -0.2) is 5.16 Å². The Balaban J connectivity index is 1.86. The molecule has 0 atom stereocenters. The van der Waals surface area contributed by atoms with Gasteiger partial charge in [-0.05, 0) is 59.6 Å². The molecule has 0 N–H and O–H groups in total. The predicted octanol–water partition coefficient (Wildman–Crippen LogP) is 6.91. The molecule has 0 spiro atoms. The van der Waals surface area contributed by atoms with Gasteiger partial charge in [-0.1, -0.05) is 43.7 Å². The lowest BCUT2D eigenvalue weighted by atomic mass is 10.0. The topological polar surface area (TPSA) is 12.4 Å². The maximum absolute atomic E-state index is 14.0. The average Bonchev–Trinajstić information content (AvgIpc) is 3.06. The van der Waals surface area contributed by atoms with Crippen molar-refractivity contribution < 1.29 is 4.39 Å². The summed E-state index contributed by atoms with van der Waals surface area (Å²) in [5, 5.41) is 2.19. The average molecular weight is 353 g/mol. The molecule has 0 unspecified atom stereocenters. The van der Waals surface area contributed by atoms with Gasteiger partial charge in [0, 0.05) is 9.75 Å². The van der Waals surface area contributed by atoms with Crippen molar-refractivity contribution >= 4 is 34.4 Å². The molecule has 120 valence electrons. The molecule has 1 nitrogen and oxygen atoms in total. The van der Waals surface area contributed by atoms with E-state index in [1.807, 2.05) is 29.5 Å². The van der Waals surface area contributed by atoms with Crippen LogP contribution < -0.4 is 0 Å². The molecule has 0 amide bonds. The van der Waals surface area contributed by atoms with E-state index in [9.17, 15) is 4.39 Å². The van der Waals surface area contributed by atoms with E-state index in [1.54, 1.807) is 6.07 Å². The van der Waals surface area contributed by atoms with Gasteiger partial charge in [-0.15, -0.1) is 11.3 Å². The van der Waals surface area contributed by atoms with Crippen molar-refractivity contribution in [3.63, 3.8) is 0 Å². The van der Waals surface area contributed by atoms with Gasteiger partial charge in [-0.2, -0.15) is 4.99 Å². The number of thiophene rings is 1. The van der Waals surface area contributed by atoms with Crippen molar-refractivity contribution in [3.8, 4) is 21.6 Å². The number of aliphatic imine (C=N–C) groups is 1. The third-order valence-corrected chi connectivity index (χ3v) is 5.06. The Morgan fingerprint density at radius 2 is 1.71 bits per heavy atom. The van der Waals surface area contributed by atoms with E-state index in [0.717, 1.165) is 24.0 Å². The van der Waals surface area contributed by atoms with Crippen LogP contribution in [-0.2, 0) is 6.42 Å². The lowest BCUT2D eigenvalue weighted by Crippen LogP contribution is -1.82. The second-order valence-corrected chi connectivity index (χ2v) is 6.81. The van der Waals surface area contributed by atoms with Gasteiger partial charge in [0.25, 0.3) is 0 Å². The van der Waals surface area contributed by atoms with Gasteiger partial charge in [0.15, 0.2) is 0 Å². The van der Waals surface area contributed by atoms with E-state index >= 15 is 0 Å². The first kappa shape index (κ1) is 16.7. The first-order chi connectivity index (χ1) is 11.7. The molecule has 3 rings (SSSR count). The van der Waals surface area contributed by atoms with Crippen LogP contribution >= 0.6 is 23.6 Å². The summed E-state index contributed by atoms with van der Waals surface area (Å²) >= 11 is 6.35. The van der Waals surface area contributed by atoms with Crippen molar-refractivity contribution in [2.45, 2.75) is 19.8 Å². The summed E-state index contributed by atoms with van der Waals surface area (Å²) in [6.07, 6.45) is 2.28. The van der Waals surface area contributed by atoms with Gasteiger partial charge in [0.2, 0.25) is 0 Å². The molecule has 0 bridgehead atoms. The smallest absolute Gasteiger partial charge is 0.150 e. The highest BCUT2D eigenvalue weighted by molar-refractivity contribution is 7.78. The molecular formula is C20H16FNS2. The highest BCUT2D eigenvalue weighted by Gasteiger charge is 2.06. The highest BCUT2D eigenvalue weighted by Crippen LogP contribution is 2.31. The van der Waals surface area contributed by atoms with E-state index in [0.29, 0.717) is 0 Å². The molecule has 0 fully saturated rings. The second-order valence-electron chi connectivity index (χ2n) is 5.46. The number of hydrogen-bond donors (Lipinski definition) is 0. The van der Waals surface area contributed by atoms with Crippen molar-refractivity contribution in [1.82, 2.24) is 0 Å². The Bertz CT molecular complexity index is 890. The fraction of sp³-hybridized carbons (Fsp3) is 0.150. The van der Waals surface area contributed by atoms with E-state index in [-0.39, 0.29) is 5.69 Å². The normalized spacial score (nSPS) is 10.4. The standard InChI is InChI=1S/C20H16FNS2/c1-2-3-17-9-11-20(24-17)15-6-4-14(5-7-15)16-8-10-19(22-13-23)18(21)12-16/h4-12H,2-3H2,1H3. The number of hydrogen-bond acceptors (Lipinski definition) is 3. The Labute approximate surface area is 150 Å². The molecule has 4 heteroatoms. The third kappa shape index (κ3) is 3.68. The lowest BCUT2D eigenvalue weighted by molar-refractivity contribution is 0.630. The first-order valence-corrected chi connectivity index (χ1v) is 9.00. The summed E-state index contributed by atoms with van der Waals surface area (Å²) in [5.41, 5.74) is 3.20. The molecule has 1 heterocycles. The number of rotatable bonds is 5. The SMILES string of the molecule is CCCc1ccc(-c2ccc(-c3ccc(N=C=S)c(F)c3)cc2)s1. The van der Waals surface area contributed by atoms with Crippen LogP contribution in [0.3, 0.4) is 0 Å². The van der Waals surface area contributed by atoms with Crippen LogP contribution in [0.15, 0.2) is 59.6 Å². The molecule has 24 heavy (non-hydrogen) atoms. The van der Waals surface area contributed by atoms with Gasteiger partial charge in [-0.25, -0.2) is 4.39 Å². The Hall–Kier alpha value is -2.13. The second kappa shape index (κ2) is 7.63. The number of aryl methyl sites for hydroxylation is 1. The number of benzene rings is 2. The molecule has 0 radical (unpaired) electrons. The van der Waals surface area contributed by atoms with Crippen LogP contribution in [0.5, 0.6) is 0 Å². The predicted molar refractivity (Wildman–Crippen MR) is 104 cm³/mol. The first-order valence-electron chi connectivity index (χ1n) is 7.78. The Morgan fingerprint density at radius 3 is 2.38 bits per heavy atom. The van der Waals surface area contributed by atoms with E-state index < -0.39 is 5.82 Å². The molecular weight excluding hydrogens is 337 g/mol. The Morgan fingerprint density at radius 1 is 1.00 bits per heavy atom. The van der Waals surface area contributed by atoms with Crippen LogP contribution in [0.2, 0.25) is 0 Å². The molecule has 2 aromatic carbocycles. The zero-order valence-corrected chi connectivity index (χ0v) is 14.9. The van der Waals surface area contributed by atoms with E-state index in [4.69, 9.17) is 0 Å². The zero-order valence-electron chi connectivity index (χ0n) is 13.3. The van der Waals surface area contributed by atoms with Gasteiger partial charge < -0.3 is 0 Å². The van der Waals surface area contributed by atoms with Crippen LogP contribution in [0, 0.1) is 5.82 Å². The van der Waals surface area contributed by atoms with Crippen molar-refractivity contribution in [2.24, 2.45) is 4.99 Å². The van der Waals surface area contributed by atoms with E-state index in [2.05, 4.69) is 53.6 Å². The summed E-state index contributed by atoms with van der Waals surface area (Å²) in [6.45, 7) is 2.19.